The lowest BCUT2D eigenvalue weighted by atomic mass is 9.75. The molecule has 7 heteroatoms. The molecule has 5 nitrogen and oxygen atoms in total. The van der Waals surface area contributed by atoms with Crippen molar-refractivity contribution in [3.63, 3.8) is 0 Å². The number of benzene rings is 1. The van der Waals surface area contributed by atoms with Crippen LogP contribution in [0.25, 0.3) is 0 Å². The molecule has 1 heterocycles. The molecule has 0 N–H and O–H groups in total. The molecule has 0 spiro atoms. The van der Waals surface area contributed by atoms with Crippen LogP contribution in [0.1, 0.15) is 56.3 Å². The number of sulfonamides is 1. The van der Waals surface area contributed by atoms with Crippen LogP contribution < -0.4 is 0 Å². The molecule has 1 aliphatic carbocycles. The maximum absolute atomic E-state index is 14.4. The molecule has 0 aromatic heterocycles. The molecule has 1 aromatic carbocycles. The van der Waals surface area contributed by atoms with E-state index in [4.69, 9.17) is 0 Å². The van der Waals surface area contributed by atoms with Gasteiger partial charge in [-0.3, -0.25) is 4.79 Å². The molecule has 2 fully saturated rings. The van der Waals surface area contributed by atoms with Crippen molar-refractivity contribution in [3.05, 3.63) is 29.6 Å². The Morgan fingerprint density at radius 3 is 2.48 bits per heavy atom. The Kier molecular flexibility index (Phi) is 6.21. The fourth-order valence-corrected chi connectivity index (χ4v) is 5.98. The lowest BCUT2D eigenvalue weighted by Crippen LogP contribution is -2.45. The summed E-state index contributed by atoms with van der Waals surface area (Å²) < 4.78 is 41.2. The van der Waals surface area contributed by atoms with E-state index in [2.05, 4.69) is 0 Å². The highest BCUT2D eigenvalue weighted by Gasteiger charge is 2.34. The third-order valence-electron chi connectivity index (χ3n) is 6.09. The van der Waals surface area contributed by atoms with Gasteiger partial charge in [0.05, 0.1) is 10.5 Å². The van der Waals surface area contributed by atoms with E-state index in [1.807, 2.05) is 0 Å². The number of carbonyl (C=O) groups excluding carboxylic acids is 1. The Labute approximate surface area is 161 Å². The van der Waals surface area contributed by atoms with Gasteiger partial charge in [-0.2, -0.15) is 4.31 Å². The molecule has 1 saturated heterocycles. The van der Waals surface area contributed by atoms with E-state index in [-0.39, 0.29) is 10.5 Å². The minimum atomic E-state index is -3.73. The van der Waals surface area contributed by atoms with Gasteiger partial charge in [0, 0.05) is 26.2 Å². The summed E-state index contributed by atoms with van der Waals surface area (Å²) in [4.78, 5) is 14.6. The summed E-state index contributed by atoms with van der Waals surface area (Å²) in [5, 5.41) is 0. The van der Waals surface area contributed by atoms with Crippen LogP contribution in [0.2, 0.25) is 0 Å². The zero-order chi connectivity index (χ0) is 19.6. The normalized spacial score (nSPS) is 23.3. The predicted molar refractivity (Wildman–Crippen MR) is 102 cm³/mol. The Bertz CT molecular complexity index is 792. The first kappa shape index (κ1) is 20.3. The monoisotopic (exact) mass is 396 g/mol. The van der Waals surface area contributed by atoms with Crippen LogP contribution in [-0.2, 0) is 10.0 Å². The van der Waals surface area contributed by atoms with Crippen LogP contribution >= 0.6 is 0 Å². The summed E-state index contributed by atoms with van der Waals surface area (Å²) in [5.41, 5.74) is -0.141. The van der Waals surface area contributed by atoms with Crippen LogP contribution in [0.4, 0.5) is 4.39 Å². The number of piperidine rings is 1. The molecular weight excluding hydrogens is 367 g/mol. The second-order valence-electron chi connectivity index (χ2n) is 7.58. The molecular formula is C20H29FN2O3S. The number of carbonyl (C=O) groups is 1. The van der Waals surface area contributed by atoms with Crippen molar-refractivity contribution in [2.24, 2.45) is 11.8 Å². The Morgan fingerprint density at radius 2 is 1.81 bits per heavy atom. The highest BCUT2D eigenvalue weighted by Crippen LogP contribution is 2.36. The van der Waals surface area contributed by atoms with Crippen LogP contribution in [-0.4, -0.2) is 49.7 Å². The number of fused-ring (bicyclic) bond motifs is 1. The van der Waals surface area contributed by atoms with E-state index in [1.54, 1.807) is 18.7 Å². The van der Waals surface area contributed by atoms with Gasteiger partial charge in [0.2, 0.25) is 10.0 Å². The zero-order valence-corrected chi connectivity index (χ0v) is 17.0. The number of hydrogen-bond donors (Lipinski definition) is 0. The number of likely N-dealkylation sites (tertiary alicyclic amines) is 1. The summed E-state index contributed by atoms with van der Waals surface area (Å²) in [6.45, 7) is 5.43. The van der Waals surface area contributed by atoms with Crippen LogP contribution in [0.3, 0.4) is 0 Å². The largest absolute Gasteiger partial charge is 0.338 e. The molecule has 2 aliphatic rings. The molecule has 27 heavy (non-hydrogen) atoms. The topological polar surface area (TPSA) is 57.7 Å². The van der Waals surface area contributed by atoms with Crippen molar-refractivity contribution in [2.45, 2.75) is 50.8 Å². The molecule has 1 aliphatic heterocycles. The number of nitrogens with zero attached hydrogens (tertiary/aromatic N) is 2. The van der Waals surface area contributed by atoms with Gasteiger partial charge in [-0.1, -0.05) is 33.1 Å². The van der Waals surface area contributed by atoms with E-state index >= 15 is 0 Å². The quantitative estimate of drug-likeness (QED) is 0.765. The minimum Gasteiger partial charge on any atom is -0.338 e. The van der Waals surface area contributed by atoms with Crippen molar-refractivity contribution < 1.29 is 17.6 Å². The molecule has 0 radical (unpaired) electrons. The van der Waals surface area contributed by atoms with E-state index in [1.165, 1.54) is 35.7 Å². The number of hydrogen-bond acceptors (Lipinski definition) is 3. The van der Waals surface area contributed by atoms with Gasteiger partial charge in [-0.25, -0.2) is 12.8 Å². The highest BCUT2D eigenvalue weighted by molar-refractivity contribution is 7.89. The first-order chi connectivity index (χ1) is 12.9. The third-order valence-corrected chi connectivity index (χ3v) is 8.14. The lowest BCUT2D eigenvalue weighted by Gasteiger charge is -2.41. The molecule has 1 aromatic rings. The molecule has 0 bridgehead atoms. The number of rotatable bonds is 5. The van der Waals surface area contributed by atoms with Crippen molar-refractivity contribution in [1.82, 2.24) is 9.21 Å². The van der Waals surface area contributed by atoms with Gasteiger partial charge in [0.15, 0.2) is 0 Å². The summed E-state index contributed by atoms with van der Waals surface area (Å²) in [5.74, 6) is 0.0986. The maximum Gasteiger partial charge on any atom is 0.256 e. The summed E-state index contributed by atoms with van der Waals surface area (Å²) in [6.07, 6.45) is 5.74. The van der Waals surface area contributed by atoms with Crippen LogP contribution in [0.5, 0.6) is 0 Å². The Balaban J connectivity index is 1.85. The van der Waals surface area contributed by atoms with E-state index < -0.39 is 21.7 Å². The van der Waals surface area contributed by atoms with E-state index in [0.29, 0.717) is 38.0 Å². The molecule has 150 valence electrons. The van der Waals surface area contributed by atoms with Gasteiger partial charge in [-0.15, -0.1) is 0 Å². The van der Waals surface area contributed by atoms with Crippen molar-refractivity contribution >= 4 is 15.9 Å². The molecule has 0 unspecified atom stereocenters. The second-order valence-corrected chi connectivity index (χ2v) is 9.51. The standard InChI is InChI=1S/C20H29FN2O3S/c1-3-23(4-2)27(25,26)17-9-10-19(21)18(13-17)20(24)22-12-11-15-7-5-6-8-16(15)14-22/h9-10,13,15-16H,3-8,11-12,14H2,1-2H3/t15-,16+/m0/s1. The fraction of sp³-hybridized carbons (Fsp3) is 0.650. The summed E-state index contributed by atoms with van der Waals surface area (Å²) in [6, 6.07) is 3.54. The average molecular weight is 397 g/mol. The summed E-state index contributed by atoms with van der Waals surface area (Å²) in [7, 11) is -3.73. The smallest absolute Gasteiger partial charge is 0.256 e. The Hall–Kier alpha value is -1.47. The van der Waals surface area contributed by atoms with Gasteiger partial charge >= 0.3 is 0 Å². The first-order valence-corrected chi connectivity index (χ1v) is 11.4. The van der Waals surface area contributed by atoms with Crippen molar-refractivity contribution in [3.8, 4) is 0 Å². The average Bonchev–Trinajstić information content (AvgIpc) is 2.68. The summed E-state index contributed by atoms with van der Waals surface area (Å²) >= 11 is 0. The van der Waals surface area contributed by atoms with E-state index in [0.717, 1.165) is 18.9 Å². The molecule has 2 atom stereocenters. The Morgan fingerprint density at radius 1 is 1.15 bits per heavy atom. The minimum absolute atomic E-state index is 0.0245. The fourth-order valence-electron chi connectivity index (χ4n) is 4.50. The highest BCUT2D eigenvalue weighted by atomic mass is 32.2. The van der Waals surface area contributed by atoms with E-state index in [9.17, 15) is 17.6 Å². The van der Waals surface area contributed by atoms with Crippen LogP contribution in [0, 0.1) is 17.7 Å². The van der Waals surface area contributed by atoms with Gasteiger partial charge < -0.3 is 4.90 Å². The SMILES string of the molecule is CCN(CC)S(=O)(=O)c1ccc(F)c(C(=O)N2CC[C@@H]3CCCC[C@@H]3C2)c1. The van der Waals surface area contributed by atoms with Crippen LogP contribution in [0.15, 0.2) is 23.1 Å². The van der Waals surface area contributed by atoms with Crippen molar-refractivity contribution in [1.29, 1.82) is 0 Å². The third kappa shape index (κ3) is 4.04. The number of amides is 1. The lowest BCUT2D eigenvalue weighted by molar-refractivity contribution is 0.0516. The predicted octanol–water partition coefficient (Wildman–Crippen LogP) is 3.51. The van der Waals surface area contributed by atoms with Gasteiger partial charge in [-0.05, 0) is 42.9 Å². The second kappa shape index (κ2) is 8.27. The first-order valence-electron chi connectivity index (χ1n) is 9.97. The maximum atomic E-state index is 14.4. The number of halogens is 1. The van der Waals surface area contributed by atoms with Gasteiger partial charge in [0.25, 0.3) is 5.91 Å². The molecule has 1 amide bonds. The van der Waals surface area contributed by atoms with Crippen molar-refractivity contribution in [2.75, 3.05) is 26.2 Å². The van der Waals surface area contributed by atoms with Gasteiger partial charge in [0.1, 0.15) is 5.82 Å². The molecule has 1 saturated carbocycles. The zero-order valence-electron chi connectivity index (χ0n) is 16.2. The molecule has 3 rings (SSSR count).